The van der Waals surface area contributed by atoms with Crippen molar-refractivity contribution in [2.75, 3.05) is 5.88 Å². The number of hydrogen-bond acceptors (Lipinski definition) is 3. The standard InChI is InChI=1S/C7H13ClN4/c1-7(2,5-8)4-6-9-10-11-12(6)3/h4-5H2,1-3H3. The van der Waals surface area contributed by atoms with E-state index < -0.39 is 0 Å². The lowest BCUT2D eigenvalue weighted by Gasteiger charge is -2.19. The Labute approximate surface area is 76.9 Å². The van der Waals surface area contributed by atoms with Crippen molar-refractivity contribution in [3.05, 3.63) is 5.82 Å². The number of aryl methyl sites for hydroxylation is 1. The zero-order valence-electron chi connectivity index (χ0n) is 7.58. The Morgan fingerprint density at radius 1 is 1.50 bits per heavy atom. The predicted molar refractivity (Wildman–Crippen MR) is 47.0 cm³/mol. The lowest BCUT2D eigenvalue weighted by atomic mass is 9.92. The average molecular weight is 189 g/mol. The van der Waals surface area contributed by atoms with Crippen LogP contribution in [0.3, 0.4) is 0 Å². The Morgan fingerprint density at radius 2 is 2.17 bits per heavy atom. The van der Waals surface area contributed by atoms with E-state index in [4.69, 9.17) is 11.6 Å². The van der Waals surface area contributed by atoms with E-state index >= 15 is 0 Å². The SMILES string of the molecule is Cn1nnnc1CC(C)(C)CCl. The molecule has 0 aliphatic rings. The van der Waals surface area contributed by atoms with Crippen molar-refractivity contribution < 1.29 is 0 Å². The van der Waals surface area contributed by atoms with Gasteiger partial charge in [-0.05, 0) is 15.8 Å². The summed E-state index contributed by atoms with van der Waals surface area (Å²) in [5, 5.41) is 11.2. The molecule has 0 aromatic carbocycles. The van der Waals surface area contributed by atoms with Gasteiger partial charge in [0.1, 0.15) is 0 Å². The minimum Gasteiger partial charge on any atom is -0.233 e. The Hall–Kier alpha value is -0.640. The summed E-state index contributed by atoms with van der Waals surface area (Å²) in [5.41, 5.74) is 0.0596. The largest absolute Gasteiger partial charge is 0.233 e. The van der Waals surface area contributed by atoms with Crippen molar-refractivity contribution in [1.82, 2.24) is 20.2 Å². The third kappa shape index (κ3) is 2.17. The first-order valence-electron chi connectivity index (χ1n) is 3.82. The van der Waals surface area contributed by atoms with Gasteiger partial charge in [-0.25, -0.2) is 4.68 Å². The number of alkyl halides is 1. The summed E-state index contributed by atoms with van der Waals surface area (Å²) in [6, 6.07) is 0. The molecule has 0 spiro atoms. The van der Waals surface area contributed by atoms with E-state index in [-0.39, 0.29) is 5.41 Å². The number of halogens is 1. The second kappa shape index (κ2) is 3.39. The summed E-state index contributed by atoms with van der Waals surface area (Å²) in [5.74, 6) is 1.49. The van der Waals surface area contributed by atoms with Crippen LogP contribution in [0, 0.1) is 5.41 Å². The molecule has 0 saturated carbocycles. The molecule has 4 nitrogen and oxygen atoms in total. The van der Waals surface area contributed by atoms with Gasteiger partial charge in [-0.15, -0.1) is 16.7 Å². The molecule has 1 aromatic rings. The minimum absolute atomic E-state index is 0.0596. The molecule has 1 aromatic heterocycles. The van der Waals surface area contributed by atoms with E-state index in [0.717, 1.165) is 12.2 Å². The highest BCUT2D eigenvalue weighted by Gasteiger charge is 2.20. The van der Waals surface area contributed by atoms with Crippen LogP contribution in [0.1, 0.15) is 19.7 Å². The molecule has 0 N–H and O–H groups in total. The number of nitrogens with zero attached hydrogens (tertiary/aromatic N) is 4. The molecule has 0 fully saturated rings. The average Bonchev–Trinajstić information content (AvgIpc) is 2.36. The van der Waals surface area contributed by atoms with Gasteiger partial charge in [0.25, 0.3) is 0 Å². The van der Waals surface area contributed by atoms with E-state index in [1.165, 1.54) is 0 Å². The van der Waals surface area contributed by atoms with Gasteiger partial charge in [0.2, 0.25) is 0 Å². The van der Waals surface area contributed by atoms with Crippen LogP contribution in [0.25, 0.3) is 0 Å². The molecule has 12 heavy (non-hydrogen) atoms. The van der Waals surface area contributed by atoms with Gasteiger partial charge >= 0.3 is 0 Å². The fourth-order valence-corrected chi connectivity index (χ4v) is 0.968. The number of aromatic nitrogens is 4. The topological polar surface area (TPSA) is 43.6 Å². The zero-order valence-corrected chi connectivity index (χ0v) is 8.34. The van der Waals surface area contributed by atoms with Gasteiger partial charge in [0, 0.05) is 19.3 Å². The second-order valence-electron chi connectivity index (χ2n) is 3.69. The Bertz CT molecular complexity index is 256. The van der Waals surface area contributed by atoms with Crippen LogP contribution in [-0.4, -0.2) is 26.1 Å². The Balaban J connectivity index is 2.70. The molecule has 0 saturated heterocycles. The number of rotatable bonds is 3. The van der Waals surface area contributed by atoms with Crippen LogP contribution in [0.2, 0.25) is 0 Å². The highest BCUT2D eigenvalue weighted by Crippen LogP contribution is 2.21. The molecule has 0 aliphatic heterocycles. The van der Waals surface area contributed by atoms with E-state index in [1.807, 2.05) is 7.05 Å². The van der Waals surface area contributed by atoms with Crippen molar-refractivity contribution >= 4 is 11.6 Å². The molecule has 0 bridgehead atoms. The summed E-state index contributed by atoms with van der Waals surface area (Å²) in [6.07, 6.45) is 0.806. The molecule has 0 unspecified atom stereocenters. The highest BCUT2D eigenvalue weighted by atomic mass is 35.5. The first-order chi connectivity index (χ1) is 5.55. The first-order valence-corrected chi connectivity index (χ1v) is 4.36. The normalized spacial score (nSPS) is 12.0. The van der Waals surface area contributed by atoms with Crippen molar-refractivity contribution in [3.63, 3.8) is 0 Å². The summed E-state index contributed by atoms with van der Waals surface area (Å²) < 4.78 is 1.67. The van der Waals surface area contributed by atoms with Gasteiger partial charge in [0.15, 0.2) is 5.82 Å². The Morgan fingerprint density at radius 3 is 2.58 bits per heavy atom. The molecule has 0 amide bonds. The van der Waals surface area contributed by atoms with Crippen LogP contribution < -0.4 is 0 Å². The summed E-state index contributed by atoms with van der Waals surface area (Å²) in [6.45, 7) is 4.18. The van der Waals surface area contributed by atoms with E-state index in [2.05, 4.69) is 29.4 Å². The van der Waals surface area contributed by atoms with Crippen LogP contribution >= 0.6 is 11.6 Å². The summed E-state index contributed by atoms with van der Waals surface area (Å²) in [7, 11) is 1.83. The van der Waals surface area contributed by atoms with Crippen LogP contribution in [0.4, 0.5) is 0 Å². The molecule has 0 atom stereocenters. The molecule has 0 radical (unpaired) electrons. The number of tetrazole rings is 1. The van der Waals surface area contributed by atoms with E-state index in [9.17, 15) is 0 Å². The Kier molecular flexibility index (Phi) is 2.67. The van der Waals surface area contributed by atoms with Gasteiger partial charge in [-0.3, -0.25) is 0 Å². The molecule has 5 heteroatoms. The van der Waals surface area contributed by atoms with Gasteiger partial charge in [0.05, 0.1) is 0 Å². The predicted octanol–water partition coefficient (Wildman–Crippen LogP) is 1.02. The van der Waals surface area contributed by atoms with Gasteiger partial charge < -0.3 is 0 Å². The lowest BCUT2D eigenvalue weighted by molar-refractivity contribution is 0.399. The third-order valence-corrected chi connectivity index (χ3v) is 2.43. The fourth-order valence-electron chi connectivity index (χ4n) is 0.873. The van der Waals surface area contributed by atoms with Crippen molar-refractivity contribution in [1.29, 1.82) is 0 Å². The quantitative estimate of drug-likeness (QED) is 0.666. The second-order valence-corrected chi connectivity index (χ2v) is 3.96. The van der Waals surface area contributed by atoms with Crippen LogP contribution in [0.15, 0.2) is 0 Å². The van der Waals surface area contributed by atoms with Crippen LogP contribution in [-0.2, 0) is 13.5 Å². The van der Waals surface area contributed by atoms with Gasteiger partial charge in [-0.2, -0.15) is 0 Å². The molecular weight excluding hydrogens is 176 g/mol. The maximum atomic E-state index is 5.78. The smallest absolute Gasteiger partial charge is 0.151 e. The molecular formula is C7H13ClN4. The summed E-state index contributed by atoms with van der Waals surface area (Å²) in [4.78, 5) is 0. The molecule has 1 rings (SSSR count). The highest BCUT2D eigenvalue weighted by molar-refractivity contribution is 6.18. The number of hydrogen-bond donors (Lipinski definition) is 0. The maximum Gasteiger partial charge on any atom is 0.151 e. The fraction of sp³-hybridized carbons (Fsp3) is 0.857. The van der Waals surface area contributed by atoms with Crippen molar-refractivity contribution in [3.8, 4) is 0 Å². The lowest BCUT2D eigenvalue weighted by Crippen LogP contribution is -2.19. The first kappa shape index (κ1) is 9.45. The zero-order chi connectivity index (χ0) is 9.19. The third-order valence-electron chi connectivity index (χ3n) is 1.71. The molecule has 1 heterocycles. The molecule has 0 aliphatic carbocycles. The maximum absolute atomic E-state index is 5.78. The van der Waals surface area contributed by atoms with Crippen molar-refractivity contribution in [2.45, 2.75) is 20.3 Å². The van der Waals surface area contributed by atoms with E-state index in [0.29, 0.717) is 5.88 Å². The molecule has 68 valence electrons. The minimum atomic E-state index is 0.0596. The monoisotopic (exact) mass is 188 g/mol. The summed E-state index contributed by atoms with van der Waals surface area (Å²) >= 11 is 5.78. The van der Waals surface area contributed by atoms with Crippen molar-refractivity contribution in [2.24, 2.45) is 12.5 Å². The van der Waals surface area contributed by atoms with Crippen LogP contribution in [0.5, 0.6) is 0 Å². The van der Waals surface area contributed by atoms with E-state index in [1.54, 1.807) is 4.68 Å². The van der Waals surface area contributed by atoms with Gasteiger partial charge in [-0.1, -0.05) is 13.8 Å².